The van der Waals surface area contributed by atoms with Crippen LogP contribution in [0.15, 0.2) is 33.8 Å². The second-order valence-corrected chi connectivity index (χ2v) is 6.63. The van der Waals surface area contributed by atoms with E-state index in [-0.39, 0.29) is 24.0 Å². The summed E-state index contributed by atoms with van der Waals surface area (Å²) in [6.07, 6.45) is 1.70. The van der Waals surface area contributed by atoms with Crippen molar-refractivity contribution in [3.63, 3.8) is 0 Å². The van der Waals surface area contributed by atoms with Crippen LogP contribution < -0.4 is 10.6 Å². The largest absolute Gasteiger partial charge is 0.361 e. The highest BCUT2D eigenvalue weighted by atomic mass is 127. The van der Waals surface area contributed by atoms with E-state index in [1.165, 1.54) is 11.1 Å². The smallest absolute Gasteiger partial charge is 0.191 e. The van der Waals surface area contributed by atoms with Crippen molar-refractivity contribution in [3.8, 4) is 0 Å². The van der Waals surface area contributed by atoms with E-state index in [4.69, 9.17) is 9.52 Å². The number of aliphatic imine (C=N–C) groups is 1. The van der Waals surface area contributed by atoms with Crippen molar-refractivity contribution in [1.29, 1.82) is 0 Å². The Labute approximate surface area is 180 Å². The van der Waals surface area contributed by atoms with E-state index in [0.717, 1.165) is 48.9 Å². The van der Waals surface area contributed by atoms with Crippen molar-refractivity contribution in [1.82, 2.24) is 15.8 Å². The van der Waals surface area contributed by atoms with E-state index < -0.39 is 0 Å². The number of rotatable bonds is 8. The normalized spacial score (nSPS) is 12.4. The molecule has 0 saturated heterocycles. The van der Waals surface area contributed by atoms with Crippen LogP contribution in [-0.4, -0.2) is 24.2 Å². The Morgan fingerprint density at radius 2 is 1.81 bits per heavy atom. The molecule has 1 atom stereocenters. The lowest BCUT2D eigenvalue weighted by Gasteiger charge is -2.16. The van der Waals surface area contributed by atoms with Crippen LogP contribution in [0.4, 0.5) is 0 Å². The second kappa shape index (κ2) is 12.0. The van der Waals surface area contributed by atoms with E-state index in [1.54, 1.807) is 0 Å². The zero-order valence-electron chi connectivity index (χ0n) is 17.1. The zero-order valence-corrected chi connectivity index (χ0v) is 19.5. The van der Waals surface area contributed by atoms with E-state index in [2.05, 4.69) is 74.7 Å². The Bertz CT molecular complexity index is 688. The highest BCUT2D eigenvalue weighted by Crippen LogP contribution is 2.17. The van der Waals surface area contributed by atoms with Crippen LogP contribution in [0.2, 0.25) is 0 Å². The fourth-order valence-corrected chi connectivity index (χ4v) is 2.88. The molecular weight excluding hydrogens is 451 g/mol. The molecule has 0 bridgehead atoms. The fraction of sp³-hybridized carbons (Fsp3) is 0.524. The number of halogens is 1. The van der Waals surface area contributed by atoms with Crippen molar-refractivity contribution in [2.75, 3.05) is 13.1 Å². The van der Waals surface area contributed by atoms with Crippen LogP contribution in [0.25, 0.3) is 0 Å². The monoisotopic (exact) mass is 484 g/mol. The van der Waals surface area contributed by atoms with Gasteiger partial charge in [-0.3, -0.25) is 0 Å². The molecule has 0 spiro atoms. The summed E-state index contributed by atoms with van der Waals surface area (Å²) in [6, 6.07) is 8.72. The minimum atomic E-state index is 0. The topological polar surface area (TPSA) is 62.5 Å². The van der Waals surface area contributed by atoms with E-state index in [9.17, 15) is 0 Å². The van der Waals surface area contributed by atoms with Gasteiger partial charge in [-0.05, 0) is 31.7 Å². The van der Waals surface area contributed by atoms with Gasteiger partial charge in [0, 0.05) is 25.1 Å². The fourth-order valence-electron chi connectivity index (χ4n) is 2.88. The molecule has 5 nitrogen and oxygen atoms in total. The summed E-state index contributed by atoms with van der Waals surface area (Å²) < 4.78 is 5.43. The summed E-state index contributed by atoms with van der Waals surface area (Å²) in [5.74, 6) is 2.18. The van der Waals surface area contributed by atoms with Crippen molar-refractivity contribution < 1.29 is 4.52 Å². The van der Waals surface area contributed by atoms with Crippen LogP contribution >= 0.6 is 24.0 Å². The molecule has 27 heavy (non-hydrogen) atoms. The van der Waals surface area contributed by atoms with Crippen LogP contribution in [0.1, 0.15) is 61.8 Å². The first-order valence-electron chi connectivity index (χ1n) is 9.63. The van der Waals surface area contributed by atoms with Gasteiger partial charge >= 0.3 is 0 Å². The Kier molecular flexibility index (Phi) is 10.4. The minimum Gasteiger partial charge on any atom is -0.361 e. The number of hydrogen-bond acceptors (Lipinski definition) is 3. The first kappa shape index (κ1) is 23.5. The molecule has 2 N–H and O–H groups in total. The number of benzene rings is 1. The Balaban J connectivity index is 0.00000364. The second-order valence-electron chi connectivity index (χ2n) is 6.63. The number of nitrogens with one attached hydrogen (secondary N) is 2. The van der Waals surface area contributed by atoms with Crippen molar-refractivity contribution in [2.24, 2.45) is 4.99 Å². The van der Waals surface area contributed by atoms with Crippen molar-refractivity contribution in [3.05, 3.63) is 52.4 Å². The molecule has 0 aliphatic heterocycles. The van der Waals surface area contributed by atoms with Gasteiger partial charge in [0.1, 0.15) is 5.76 Å². The number of aryl methyl sites for hydroxylation is 3. The van der Waals surface area contributed by atoms with Gasteiger partial charge in [-0.2, -0.15) is 0 Å². The summed E-state index contributed by atoms with van der Waals surface area (Å²) in [6.45, 7) is 12.8. The first-order chi connectivity index (χ1) is 12.6. The van der Waals surface area contributed by atoms with E-state index in [0.29, 0.717) is 12.5 Å². The van der Waals surface area contributed by atoms with Gasteiger partial charge in [0.15, 0.2) is 5.96 Å². The standard InChI is InChI=1S/C21H32N4O.HI/c1-6-19-18(20(7-2)26-25-19)14-24-21(22-8-3)23-13-16(5)17-11-9-15(4)10-12-17;/h9-12,16H,6-8,13-14H2,1-5H3,(H2,22,23,24);1H. The van der Waals surface area contributed by atoms with Crippen LogP contribution in [0.5, 0.6) is 0 Å². The molecule has 0 radical (unpaired) electrons. The third-order valence-electron chi connectivity index (χ3n) is 4.57. The molecule has 2 rings (SSSR count). The van der Waals surface area contributed by atoms with Crippen LogP contribution in [-0.2, 0) is 19.4 Å². The molecule has 150 valence electrons. The zero-order chi connectivity index (χ0) is 18.9. The molecule has 1 aromatic heterocycles. The van der Waals surface area contributed by atoms with Crippen LogP contribution in [0.3, 0.4) is 0 Å². The summed E-state index contributed by atoms with van der Waals surface area (Å²) in [4.78, 5) is 4.75. The van der Waals surface area contributed by atoms with Gasteiger partial charge < -0.3 is 15.2 Å². The molecule has 1 aromatic carbocycles. The number of nitrogens with zero attached hydrogens (tertiary/aromatic N) is 2. The van der Waals surface area contributed by atoms with Gasteiger partial charge in [0.2, 0.25) is 0 Å². The average molecular weight is 484 g/mol. The molecule has 1 heterocycles. The molecule has 0 fully saturated rings. The average Bonchev–Trinajstić information content (AvgIpc) is 3.06. The predicted octanol–water partition coefficient (Wildman–Crippen LogP) is 4.58. The number of guanidine groups is 1. The molecule has 6 heteroatoms. The van der Waals surface area contributed by atoms with E-state index >= 15 is 0 Å². The maximum atomic E-state index is 5.43. The summed E-state index contributed by atoms with van der Waals surface area (Å²) in [5, 5.41) is 10.9. The van der Waals surface area contributed by atoms with Crippen LogP contribution in [0, 0.1) is 6.92 Å². The third kappa shape index (κ3) is 6.83. The lowest BCUT2D eigenvalue weighted by Crippen LogP contribution is -2.39. The van der Waals surface area contributed by atoms with Gasteiger partial charge in [-0.25, -0.2) is 4.99 Å². The van der Waals surface area contributed by atoms with Gasteiger partial charge in [0.05, 0.1) is 12.2 Å². The summed E-state index contributed by atoms with van der Waals surface area (Å²) >= 11 is 0. The summed E-state index contributed by atoms with van der Waals surface area (Å²) in [5.41, 5.74) is 4.75. The SMILES string of the molecule is CCNC(=NCc1c(CC)noc1CC)NCC(C)c1ccc(C)cc1.I. The van der Waals surface area contributed by atoms with Gasteiger partial charge in [-0.1, -0.05) is 55.8 Å². The Morgan fingerprint density at radius 3 is 2.41 bits per heavy atom. The Hall–Kier alpha value is -1.57. The van der Waals surface area contributed by atoms with Crippen molar-refractivity contribution >= 4 is 29.9 Å². The highest BCUT2D eigenvalue weighted by molar-refractivity contribution is 14.0. The van der Waals surface area contributed by atoms with Gasteiger partial charge in [0.25, 0.3) is 0 Å². The lowest BCUT2D eigenvalue weighted by molar-refractivity contribution is 0.380. The number of aromatic nitrogens is 1. The molecule has 0 aliphatic rings. The maximum Gasteiger partial charge on any atom is 0.191 e. The lowest BCUT2D eigenvalue weighted by atomic mass is 10.0. The Morgan fingerprint density at radius 1 is 1.11 bits per heavy atom. The third-order valence-corrected chi connectivity index (χ3v) is 4.57. The molecule has 2 aromatic rings. The molecule has 0 aliphatic carbocycles. The quantitative estimate of drug-likeness (QED) is 0.327. The molecular formula is C21H33IN4O. The number of hydrogen-bond donors (Lipinski definition) is 2. The summed E-state index contributed by atoms with van der Waals surface area (Å²) in [7, 11) is 0. The maximum absolute atomic E-state index is 5.43. The minimum absolute atomic E-state index is 0. The highest BCUT2D eigenvalue weighted by Gasteiger charge is 2.13. The van der Waals surface area contributed by atoms with Crippen molar-refractivity contribution in [2.45, 2.75) is 59.9 Å². The van der Waals surface area contributed by atoms with E-state index in [1.807, 2.05) is 0 Å². The van der Waals surface area contributed by atoms with Gasteiger partial charge in [-0.15, -0.1) is 24.0 Å². The predicted molar refractivity (Wildman–Crippen MR) is 123 cm³/mol. The molecule has 0 saturated carbocycles. The first-order valence-corrected chi connectivity index (χ1v) is 9.63. The molecule has 1 unspecified atom stereocenters. The molecule has 0 amide bonds.